The van der Waals surface area contributed by atoms with E-state index in [2.05, 4.69) is 43.2 Å². The number of nitrogens with zero attached hydrogens (tertiary/aromatic N) is 3. The van der Waals surface area contributed by atoms with Gasteiger partial charge in [-0.15, -0.1) is 0 Å². The van der Waals surface area contributed by atoms with Crippen molar-refractivity contribution in [3.63, 3.8) is 0 Å². The number of nitrogens with one attached hydrogen (secondary N) is 2. The second kappa shape index (κ2) is 7.40. The van der Waals surface area contributed by atoms with Crippen LogP contribution in [0.3, 0.4) is 0 Å². The van der Waals surface area contributed by atoms with Gasteiger partial charge in [-0.1, -0.05) is 11.6 Å². The van der Waals surface area contributed by atoms with Gasteiger partial charge in [-0.25, -0.2) is 9.97 Å². The van der Waals surface area contributed by atoms with Gasteiger partial charge in [0.1, 0.15) is 11.6 Å². The molecule has 1 amide bonds. The number of amides is 1. The fraction of sp³-hybridized carbons (Fsp3) is 0.118. The Bertz CT molecular complexity index is 923. The molecule has 1 aromatic carbocycles. The number of pyridine rings is 1. The molecule has 0 spiro atoms. The molecule has 0 fully saturated rings. The molecule has 6 nitrogen and oxygen atoms in total. The first-order chi connectivity index (χ1) is 12.0. The fourth-order valence-electron chi connectivity index (χ4n) is 2.29. The number of hydrogen-bond acceptors (Lipinski definition) is 4. The van der Waals surface area contributed by atoms with Gasteiger partial charge in [-0.05, 0) is 52.9 Å². The summed E-state index contributed by atoms with van der Waals surface area (Å²) in [5.74, 6) is 1.21. The van der Waals surface area contributed by atoms with Crippen molar-refractivity contribution in [1.82, 2.24) is 14.5 Å². The number of rotatable bonds is 4. The second-order valence-electron chi connectivity index (χ2n) is 5.29. The molecule has 0 unspecified atom stereocenters. The molecule has 0 aliphatic heterocycles. The van der Waals surface area contributed by atoms with Gasteiger partial charge in [0, 0.05) is 31.5 Å². The monoisotopic (exact) mass is 467 g/mol. The molecule has 3 aromatic rings. The third-order valence-electron chi connectivity index (χ3n) is 3.68. The lowest BCUT2D eigenvalue weighted by Gasteiger charge is -2.10. The van der Waals surface area contributed by atoms with Crippen LogP contribution in [0.4, 0.5) is 11.5 Å². The Morgan fingerprint density at radius 1 is 1.20 bits per heavy atom. The number of anilines is 2. The van der Waals surface area contributed by atoms with Gasteiger partial charge in [0.05, 0.1) is 20.5 Å². The summed E-state index contributed by atoms with van der Waals surface area (Å²) in [6.07, 6.45) is 3.30. The van der Waals surface area contributed by atoms with E-state index >= 15 is 0 Å². The molecule has 0 radical (unpaired) electrons. The van der Waals surface area contributed by atoms with Gasteiger partial charge in [0.25, 0.3) is 5.91 Å². The molecule has 25 heavy (non-hydrogen) atoms. The standard InChI is InChI=1S/C17H15ClIN5O/c1-20-15-6-3-10(8-21-15)17(25)23-11-4-5-13(18)12(7-11)16-22-9-14(19)24(16)2/h3-9H,1-2H3,(H,20,21)(H,23,25). The Morgan fingerprint density at radius 2 is 2.00 bits per heavy atom. The molecule has 2 aromatic heterocycles. The zero-order valence-corrected chi connectivity index (χ0v) is 16.5. The molecule has 0 aliphatic rings. The number of halogens is 2. The van der Waals surface area contributed by atoms with E-state index in [0.29, 0.717) is 22.1 Å². The van der Waals surface area contributed by atoms with Gasteiger partial charge in [0.2, 0.25) is 0 Å². The topological polar surface area (TPSA) is 71.8 Å². The summed E-state index contributed by atoms with van der Waals surface area (Å²) in [4.78, 5) is 20.9. The van der Waals surface area contributed by atoms with Crippen LogP contribution in [-0.4, -0.2) is 27.5 Å². The molecule has 2 heterocycles. The number of imidazole rings is 1. The van der Waals surface area contributed by atoms with Crippen molar-refractivity contribution in [3.8, 4) is 11.4 Å². The Hall–Kier alpha value is -2.13. The van der Waals surface area contributed by atoms with Crippen molar-refractivity contribution in [2.45, 2.75) is 0 Å². The molecule has 0 saturated carbocycles. The van der Waals surface area contributed by atoms with E-state index in [1.54, 1.807) is 37.5 Å². The van der Waals surface area contributed by atoms with Crippen LogP contribution >= 0.6 is 34.2 Å². The average Bonchev–Trinajstić information content (AvgIpc) is 2.95. The van der Waals surface area contributed by atoms with Crippen molar-refractivity contribution in [3.05, 3.63) is 57.0 Å². The molecule has 0 aliphatic carbocycles. The van der Waals surface area contributed by atoms with Gasteiger partial charge in [-0.2, -0.15) is 0 Å². The SMILES string of the molecule is CNc1ccc(C(=O)Nc2ccc(Cl)c(-c3ncc(I)n3C)c2)cn1. The molecule has 3 rings (SSSR count). The Morgan fingerprint density at radius 3 is 2.60 bits per heavy atom. The summed E-state index contributed by atoms with van der Waals surface area (Å²) in [5, 5.41) is 6.35. The van der Waals surface area contributed by atoms with E-state index in [9.17, 15) is 4.79 Å². The molecule has 0 bridgehead atoms. The predicted octanol–water partition coefficient (Wildman–Crippen LogP) is 4.03. The number of carbonyl (C=O) groups is 1. The first-order valence-corrected chi connectivity index (χ1v) is 8.87. The van der Waals surface area contributed by atoms with E-state index in [4.69, 9.17) is 11.6 Å². The first-order valence-electron chi connectivity index (χ1n) is 7.42. The van der Waals surface area contributed by atoms with E-state index in [0.717, 1.165) is 15.1 Å². The summed E-state index contributed by atoms with van der Waals surface area (Å²) in [7, 11) is 3.69. The fourth-order valence-corrected chi connectivity index (χ4v) is 2.86. The highest BCUT2D eigenvalue weighted by Gasteiger charge is 2.13. The molecule has 0 saturated heterocycles. The lowest BCUT2D eigenvalue weighted by molar-refractivity contribution is 0.102. The number of benzene rings is 1. The van der Waals surface area contributed by atoms with E-state index in [1.165, 1.54) is 6.20 Å². The van der Waals surface area contributed by atoms with Crippen molar-refractivity contribution in [2.24, 2.45) is 7.05 Å². The van der Waals surface area contributed by atoms with Crippen LogP contribution in [-0.2, 0) is 7.05 Å². The minimum atomic E-state index is -0.238. The van der Waals surface area contributed by atoms with Crippen LogP contribution in [0.2, 0.25) is 5.02 Å². The predicted molar refractivity (Wildman–Crippen MR) is 108 cm³/mol. The van der Waals surface area contributed by atoms with Gasteiger partial charge >= 0.3 is 0 Å². The lowest BCUT2D eigenvalue weighted by Crippen LogP contribution is -2.12. The zero-order valence-electron chi connectivity index (χ0n) is 13.5. The van der Waals surface area contributed by atoms with Crippen molar-refractivity contribution in [2.75, 3.05) is 17.7 Å². The van der Waals surface area contributed by atoms with E-state index in [-0.39, 0.29) is 5.91 Å². The maximum Gasteiger partial charge on any atom is 0.257 e. The van der Waals surface area contributed by atoms with Crippen LogP contribution in [0, 0.1) is 3.70 Å². The van der Waals surface area contributed by atoms with Crippen molar-refractivity contribution in [1.29, 1.82) is 0 Å². The molecule has 0 atom stereocenters. The van der Waals surface area contributed by atoms with Crippen LogP contribution in [0.1, 0.15) is 10.4 Å². The first kappa shape index (κ1) is 17.7. The number of carbonyl (C=O) groups excluding carboxylic acids is 1. The molecule has 128 valence electrons. The minimum absolute atomic E-state index is 0.238. The Kier molecular flexibility index (Phi) is 5.24. The molecular formula is C17H15ClIN5O. The highest BCUT2D eigenvalue weighted by molar-refractivity contribution is 14.1. The Balaban J connectivity index is 1.87. The lowest BCUT2D eigenvalue weighted by atomic mass is 10.1. The average molecular weight is 468 g/mol. The normalized spacial score (nSPS) is 10.6. The quantitative estimate of drug-likeness (QED) is 0.568. The largest absolute Gasteiger partial charge is 0.373 e. The van der Waals surface area contributed by atoms with E-state index in [1.807, 2.05) is 17.7 Å². The van der Waals surface area contributed by atoms with Crippen molar-refractivity contribution >= 4 is 51.6 Å². The highest BCUT2D eigenvalue weighted by Crippen LogP contribution is 2.30. The van der Waals surface area contributed by atoms with Gasteiger partial charge < -0.3 is 15.2 Å². The van der Waals surface area contributed by atoms with Crippen molar-refractivity contribution < 1.29 is 4.79 Å². The summed E-state index contributed by atoms with van der Waals surface area (Å²) in [5.41, 5.74) is 1.87. The van der Waals surface area contributed by atoms with E-state index < -0.39 is 0 Å². The smallest absolute Gasteiger partial charge is 0.257 e. The summed E-state index contributed by atoms with van der Waals surface area (Å²) < 4.78 is 2.93. The summed E-state index contributed by atoms with van der Waals surface area (Å²) >= 11 is 8.51. The van der Waals surface area contributed by atoms with Crippen LogP contribution in [0.5, 0.6) is 0 Å². The third kappa shape index (κ3) is 3.77. The Labute approximate surface area is 163 Å². The number of aromatic nitrogens is 3. The maximum atomic E-state index is 12.4. The highest BCUT2D eigenvalue weighted by atomic mass is 127. The van der Waals surface area contributed by atoms with Crippen LogP contribution in [0.15, 0.2) is 42.7 Å². The van der Waals surface area contributed by atoms with Gasteiger partial charge in [0.15, 0.2) is 0 Å². The summed E-state index contributed by atoms with van der Waals surface area (Å²) in [6, 6.07) is 8.78. The number of hydrogen-bond donors (Lipinski definition) is 2. The van der Waals surface area contributed by atoms with Crippen LogP contribution < -0.4 is 10.6 Å². The summed E-state index contributed by atoms with van der Waals surface area (Å²) in [6.45, 7) is 0. The van der Waals surface area contributed by atoms with Gasteiger partial charge in [-0.3, -0.25) is 4.79 Å². The second-order valence-corrected chi connectivity index (χ2v) is 6.81. The zero-order chi connectivity index (χ0) is 18.0. The van der Waals surface area contributed by atoms with Crippen LogP contribution in [0.25, 0.3) is 11.4 Å². The molecular weight excluding hydrogens is 453 g/mol. The minimum Gasteiger partial charge on any atom is -0.373 e. The molecule has 8 heteroatoms. The third-order valence-corrected chi connectivity index (χ3v) is 5.01. The maximum absolute atomic E-state index is 12.4. The molecule has 2 N–H and O–H groups in total.